The van der Waals surface area contributed by atoms with Crippen LogP contribution in [0.15, 0.2) is 53.4 Å². The monoisotopic (exact) mass is 304 g/mol. The molecule has 0 saturated carbocycles. The van der Waals surface area contributed by atoms with Gasteiger partial charge < -0.3 is 9.90 Å². The van der Waals surface area contributed by atoms with Gasteiger partial charge in [0.15, 0.2) is 0 Å². The van der Waals surface area contributed by atoms with E-state index in [4.69, 9.17) is 0 Å². The van der Waals surface area contributed by atoms with Crippen molar-refractivity contribution >= 4 is 21.7 Å². The van der Waals surface area contributed by atoms with E-state index in [1.807, 2.05) is 6.92 Å². The lowest BCUT2D eigenvalue weighted by atomic mass is 10.2. The van der Waals surface area contributed by atoms with Gasteiger partial charge in [0.1, 0.15) is 0 Å². The Kier molecular flexibility index (Phi) is 3.99. The van der Waals surface area contributed by atoms with Gasteiger partial charge in [-0.3, -0.25) is 4.31 Å². The lowest BCUT2D eigenvalue weighted by Gasteiger charge is -2.20. The van der Waals surface area contributed by atoms with Gasteiger partial charge in [-0.2, -0.15) is 0 Å². The van der Waals surface area contributed by atoms with Gasteiger partial charge in [0.25, 0.3) is 10.0 Å². The molecule has 0 fully saturated rings. The quantitative estimate of drug-likeness (QED) is 0.850. The molecule has 0 spiro atoms. The van der Waals surface area contributed by atoms with E-state index >= 15 is 0 Å². The number of hydrogen-bond acceptors (Lipinski definition) is 4. The molecular formula is C15H14NO4S-. The van der Waals surface area contributed by atoms with Crippen molar-refractivity contribution in [3.63, 3.8) is 0 Å². The van der Waals surface area contributed by atoms with E-state index in [-0.39, 0.29) is 10.5 Å². The predicted molar refractivity (Wildman–Crippen MR) is 77.5 cm³/mol. The number of rotatable bonds is 4. The molecule has 0 unspecified atom stereocenters. The summed E-state index contributed by atoms with van der Waals surface area (Å²) in [5.41, 5.74) is 1.34. The van der Waals surface area contributed by atoms with Crippen LogP contribution in [-0.4, -0.2) is 21.4 Å². The maximum absolute atomic E-state index is 12.5. The predicted octanol–water partition coefficient (Wildman–Crippen LogP) is 1.18. The maximum Gasteiger partial charge on any atom is 0.264 e. The van der Waals surface area contributed by atoms with Crippen molar-refractivity contribution in [2.75, 3.05) is 11.4 Å². The number of aryl methyl sites for hydroxylation is 1. The fourth-order valence-corrected chi connectivity index (χ4v) is 3.08. The largest absolute Gasteiger partial charge is 0.545 e. The van der Waals surface area contributed by atoms with Crippen LogP contribution in [0.3, 0.4) is 0 Å². The van der Waals surface area contributed by atoms with Gasteiger partial charge in [0, 0.05) is 7.05 Å². The number of carboxylic acids is 1. The molecule has 5 nitrogen and oxygen atoms in total. The van der Waals surface area contributed by atoms with Crippen molar-refractivity contribution in [1.29, 1.82) is 0 Å². The smallest absolute Gasteiger partial charge is 0.264 e. The first-order valence-corrected chi connectivity index (χ1v) is 7.63. The number of anilines is 1. The summed E-state index contributed by atoms with van der Waals surface area (Å²) in [5, 5.41) is 10.8. The fourth-order valence-electron chi connectivity index (χ4n) is 1.84. The number of benzene rings is 2. The second-order valence-corrected chi connectivity index (χ2v) is 6.59. The molecule has 21 heavy (non-hydrogen) atoms. The van der Waals surface area contributed by atoms with Gasteiger partial charge in [0.05, 0.1) is 16.6 Å². The molecule has 0 aliphatic carbocycles. The minimum absolute atomic E-state index is 0.0905. The molecule has 110 valence electrons. The third-order valence-corrected chi connectivity index (χ3v) is 4.91. The van der Waals surface area contributed by atoms with E-state index in [9.17, 15) is 18.3 Å². The highest BCUT2D eigenvalue weighted by Gasteiger charge is 2.21. The molecule has 0 aliphatic rings. The summed E-state index contributed by atoms with van der Waals surface area (Å²) < 4.78 is 26.1. The zero-order chi connectivity index (χ0) is 15.6. The summed E-state index contributed by atoms with van der Waals surface area (Å²) >= 11 is 0. The Labute approximate surface area is 123 Å². The Morgan fingerprint density at radius 3 is 2.29 bits per heavy atom. The summed E-state index contributed by atoms with van der Waals surface area (Å²) in [6.45, 7) is 1.90. The average molecular weight is 304 g/mol. The van der Waals surface area contributed by atoms with E-state index in [2.05, 4.69) is 0 Å². The molecule has 0 aliphatic heterocycles. The topological polar surface area (TPSA) is 77.5 Å². The molecule has 0 saturated heterocycles. The summed E-state index contributed by atoms with van der Waals surface area (Å²) in [6, 6.07) is 12.1. The minimum Gasteiger partial charge on any atom is -0.545 e. The zero-order valence-electron chi connectivity index (χ0n) is 11.6. The van der Waals surface area contributed by atoms with E-state index in [0.717, 1.165) is 15.9 Å². The number of hydrogen-bond donors (Lipinski definition) is 0. The Morgan fingerprint density at radius 1 is 1.10 bits per heavy atom. The SMILES string of the molecule is Cc1ccc(N(C)S(=O)(=O)c2cccc(C(=O)[O-])c2)cc1. The van der Waals surface area contributed by atoms with Gasteiger partial charge in [-0.1, -0.05) is 29.8 Å². The van der Waals surface area contributed by atoms with Crippen LogP contribution >= 0.6 is 0 Å². The normalized spacial score (nSPS) is 11.1. The van der Waals surface area contributed by atoms with Crippen LogP contribution in [0.5, 0.6) is 0 Å². The first kappa shape index (κ1) is 15.1. The first-order valence-electron chi connectivity index (χ1n) is 6.19. The molecule has 2 rings (SSSR count). The van der Waals surface area contributed by atoms with Gasteiger partial charge in [-0.25, -0.2) is 8.42 Å². The van der Waals surface area contributed by atoms with Crippen molar-refractivity contribution in [2.24, 2.45) is 0 Å². The highest BCUT2D eigenvalue weighted by atomic mass is 32.2. The standard InChI is InChI=1S/C15H15NO4S/c1-11-6-8-13(9-7-11)16(2)21(19,20)14-5-3-4-12(10-14)15(17)18/h3-10H,1-2H3,(H,17,18)/p-1. The molecule has 0 radical (unpaired) electrons. The van der Waals surface area contributed by atoms with Crippen molar-refractivity contribution in [1.82, 2.24) is 0 Å². The number of carbonyl (C=O) groups is 1. The highest BCUT2D eigenvalue weighted by molar-refractivity contribution is 7.92. The van der Waals surface area contributed by atoms with Crippen LogP contribution in [0.2, 0.25) is 0 Å². The van der Waals surface area contributed by atoms with Crippen LogP contribution in [0.25, 0.3) is 0 Å². The lowest BCUT2D eigenvalue weighted by molar-refractivity contribution is -0.255. The Balaban J connectivity index is 2.44. The minimum atomic E-state index is -3.82. The number of carbonyl (C=O) groups excluding carboxylic acids is 1. The third kappa shape index (κ3) is 3.05. The summed E-state index contributed by atoms with van der Waals surface area (Å²) in [7, 11) is -2.40. The van der Waals surface area contributed by atoms with Crippen LogP contribution in [0.1, 0.15) is 15.9 Å². The van der Waals surface area contributed by atoms with Crippen molar-refractivity contribution < 1.29 is 18.3 Å². The van der Waals surface area contributed by atoms with Crippen molar-refractivity contribution in [2.45, 2.75) is 11.8 Å². The number of nitrogens with zero attached hydrogens (tertiary/aromatic N) is 1. The van der Waals surface area contributed by atoms with E-state index in [1.165, 1.54) is 25.2 Å². The second-order valence-electron chi connectivity index (χ2n) is 4.62. The van der Waals surface area contributed by atoms with Crippen LogP contribution in [0, 0.1) is 6.92 Å². The second kappa shape index (κ2) is 5.57. The number of sulfonamides is 1. The number of aromatic carboxylic acids is 1. The van der Waals surface area contributed by atoms with Gasteiger partial charge in [-0.05, 0) is 36.8 Å². The summed E-state index contributed by atoms with van der Waals surface area (Å²) in [4.78, 5) is 10.7. The molecule has 2 aromatic rings. The summed E-state index contributed by atoms with van der Waals surface area (Å²) in [5.74, 6) is -1.41. The van der Waals surface area contributed by atoms with Crippen molar-refractivity contribution in [3.8, 4) is 0 Å². The Bertz CT molecular complexity index is 767. The molecule has 0 amide bonds. The van der Waals surface area contributed by atoms with Crippen molar-refractivity contribution in [3.05, 3.63) is 59.7 Å². The van der Waals surface area contributed by atoms with Crippen LogP contribution in [0.4, 0.5) is 5.69 Å². The maximum atomic E-state index is 12.5. The van der Waals surface area contributed by atoms with Crippen LogP contribution < -0.4 is 9.41 Å². The van der Waals surface area contributed by atoms with Gasteiger partial charge >= 0.3 is 0 Å². The first-order chi connectivity index (χ1) is 9.82. The number of carboxylic acid groups (broad SMARTS) is 1. The van der Waals surface area contributed by atoms with E-state index < -0.39 is 16.0 Å². The molecule has 6 heteroatoms. The Hall–Kier alpha value is -2.34. The molecular weight excluding hydrogens is 290 g/mol. The molecule has 0 aromatic heterocycles. The lowest BCUT2D eigenvalue weighted by Crippen LogP contribution is -2.27. The van der Waals surface area contributed by atoms with Gasteiger partial charge in [-0.15, -0.1) is 0 Å². The van der Waals surface area contributed by atoms with Crippen LogP contribution in [-0.2, 0) is 10.0 Å². The average Bonchev–Trinajstić information content (AvgIpc) is 2.47. The molecule has 2 aromatic carbocycles. The summed E-state index contributed by atoms with van der Waals surface area (Å²) in [6.07, 6.45) is 0. The highest BCUT2D eigenvalue weighted by Crippen LogP contribution is 2.22. The van der Waals surface area contributed by atoms with Gasteiger partial charge in [0.2, 0.25) is 0 Å². The van der Waals surface area contributed by atoms with E-state index in [1.54, 1.807) is 24.3 Å². The molecule has 0 N–H and O–H groups in total. The fraction of sp³-hybridized carbons (Fsp3) is 0.133. The molecule has 0 atom stereocenters. The molecule has 0 heterocycles. The zero-order valence-corrected chi connectivity index (χ0v) is 12.4. The van der Waals surface area contributed by atoms with E-state index in [0.29, 0.717) is 5.69 Å². The third-order valence-electron chi connectivity index (χ3n) is 3.13. The Morgan fingerprint density at radius 2 is 1.71 bits per heavy atom. The molecule has 0 bridgehead atoms.